The number of nitrogens with zero attached hydrogens (tertiary/aromatic N) is 3. The van der Waals surface area contributed by atoms with Gasteiger partial charge in [-0.15, -0.1) is 0 Å². The lowest BCUT2D eigenvalue weighted by Crippen LogP contribution is -2.04. The van der Waals surface area contributed by atoms with E-state index in [1.807, 2.05) is 0 Å². The normalized spacial score (nSPS) is 11.8. The molecule has 0 fully saturated rings. The molecule has 0 aliphatic rings. The van der Waals surface area contributed by atoms with Gasteiger partial charge in [-0.05, 0) is 24.3 Å². The molecule has 1 aromatic carbocycles. The second kappa shape index (κ2) is 5.12. The minimum Gasteiger partial charge on any atom is -0.331 e. The highest BCUT2D eigenvalue weighted by molar-refractivity contribution is 7.21. The first-order chi connectivity index (χ1) is 9.93. The van der Waals surface area contributed by atoms with Gasteiger partial charge in [-0.2, -0.15) is 13.2 Å². The summed E-state index contributed by atoms with van der Waals surface area (Å²) in [6.45, 7) is 0. The van der Waals surface area contributed by atoms with E-state index < -0.39 is 11.7 Å². The fraction of sp³-hybridized carbons (Fsp3) is 0.0833. The Morgan fingerprint density at radius 3 is 2.43 bits per heavy atom. The summed E-state index contributed by atoms with van der Waals surface area (Å²) >= 11 is 7.12. The average Bonchev–Trinajstić information content (AvgIpc) is 2.82. The van der Waals surface area contributed by atoms with Crippen molar-refractivity contribution < 1.29 is 13.2 Å². The van der Waals surface area contributed by atoms with Crippen molar-refractivity contribution in [3.8, 4) is 0 Å². The molecule has 108 valence electrons. The number of alkyl halides is 3. The monoisotopic (exact) mass is 330 g/mol. The second-order valence-corrected chi connectivity index (χ2v) is 5.37. The maximum atomic E-state index is 12.5. The molecule has 2 heterocycles. The average molecular weight is 331 g/mol. The van der Waals surface area contributed by atoms with Crippen LogP contribution in [-0.2, 0) is 6.18 Å². The Hall–Kier alpha value is -1.93. The van der Waals surface area contributed by atoms with Gasteiger partial charge in [-0.1, -0.05) is 22.9 Å². The highest BCUT2D eigenvalue weighted by Crippen LogP contribution is 2.32. The molecule has 0 radical (unpaired) electrons. The number of benzene rings is 1. The zero-order valence-electron chi connectivity index (χ0n) is 10.1. The van der Waals surface area contributed by atoms with Crippen LogP contribution in [-0.4, -0.2) is 15.0 Å². The molecule has 0 spiro atoms. The van der Waals surface area contributed by atoms with Crippen molar-refractivity contribution in [2.45, 2.75) is 6.18 Å². The van der Waals surface area contributed by atoms with Crippen molar-refractivity contribution in [2.75, 3.05) is 5.32 Å². The van der Waals surface area contributed by atoms with Crippen LogP contribution in [0, 0.1) is 0 Å². The van der Waals surface area contributed by atoms with Gasteiger partial charge < -0.3 is 5.32 Å². The minimum absolute atomic E-state index is 0.233. The lowest BCUT2D eigenvalue weighted by molar-refractivity contribution is -0.137. The van der Waals surface area contributed by atoms with Crippen LogP contribution in [0.1, 0.15) is 5.56 Å². The maximum absolute atomic E-state index is 12.5. The Morgan fingerprint density at radius 2 is 1.81 bits per heavy atom. The Kier molecular flexibility index (Phi) is 3.42. The van der Waals surface area contributed by atoms with Gasteiger partial charge >= 0.3 is 6.18 Å². The van der Waals surface area contributed by atoms with Crippen molar-refractivity contribution in [3.63, 3.8) is 0 Å². The molecule has 0 amide bonds. The molecule has 21 heavy (non-hydrogen) atoms. The van der Waals surface area contributed by atoms with Gasteiger partial charge in [0, 0.05) is 5.69 Å². The Bertz CT molecular complexity index is 785. The number of hydrogen-bond donors (Lipinski definition) is 1. The summed E-state index contributed by atoms with van der Waals surface area (Å²) in [5.41, 5.74) is 0.246. The molecular weight excluding hydrogens is 325 g/mol. The van der Waals surface area contributed by atoms with E-state index in [-0.39, 0.29) is 5.15 Å². The van der Waals surface area contributed by atoms with E-state index in [0.717, 1.165) is 12.1 Å². The van der Waals surface area contributed by atoms with Crippen LogP contribution in [0.5, 0.6) is 0 Å². The van der Waals surface area contributed by atoms with Crippen LogP contribution in [0.15, 0.2) is 30.6 Å². The van der Waals surface area contributed by atoms with Crippen LogP contribution in [0.4, 0.5) is 24.0 Å². The van der Waals surface area contributed by atoms with E-state index in [2.05, 4.69) is 20.3 Å². The second-order valence-electron chi connectivity index (χ2n) is 4.04. The largest absolute Gasteiger partial charge is 0.416 e. The van der Waals surface area contributed by atoms with E-state index in [0.29, 0.717) is 21.2 Å². The predicted molar refractivity (Wildman–Crippen MR) is 74.9 cm³/mol. The number of anilines is 2. The van der Waals surface area contributed by atoms with Crippen molar-refractivity contribution in [2.24, 2.45) is 0 Å². The number of hydrogen-bond acceptors (Lipinski definition) is 5. The van der Waals surface area contributed by atoms with Gasteiger partial charge in [0.25, 0.3) is 0 Å². The molecule has 0 aliphatic carbocycles. The van der Waals surface area contributed by atoms with Crippen molar-refractivity contribution in [1.82, 2.24) is 15.0 Å². The molecule has 0 saturated carbocycles. The predicted octanol–water partition coefficient (Wildman–Crippen LogP) is 4.50. The number of fused-ring (bicyclic) bond motifs is 1. The molecule has 0 bridgehead atoms. The van der Waals surface area contributed by atoms with Gasteiger partial charge in [0.2, 0.25) is 0 Å². The first-order valence-electron chi connectivity index (χ1n) is 5.65. The summed E-state index contributed by atoms with van der Waals surface area (Å²) in [5, 5.41) is 3.62. The van der Waals surface area contributed by atoms with Crippen molar-refractivity contribution in [3.05, 3.63) is 41.3 Å². The Balaban J connectivity index is 1.87. The third-order valence-electron chi connectivity index (χ3n) is 2.61. The highest BCUT2D eigenvalue weighted by atomic mass is 35.5. The number of thiazole rings is 1. The smallest absolute Gasteiger partial charge is 0.331 e. The zero-order valence-corrected chi connectivity index (χ0v) is 11.7. The van der Waals surface area contributed by atoms with Crippen LogP contribution in [0.25, 0.3) is 10.3 Å². The summed E-state index contributed by atoms with van der Waals surface area (Å²) < 4.78 is 37.4. The third kappa shape index (κ3) is 2.91. The lowest BCUT2D eigenvalue weighted by Gasteiger charge is -2.07. The standard InChI is InChI=1S/C12H6ClF3N4S/c13-9-8-10(18-5-17-9)21-11(20-8)19-7-3-1-6(2-4-7)12(14,15)16/h1-5H,(H,19,20). The van der Waals surface area contributed by atoms with Gasteiger partial charge in [0.05, 0.1) is 5.56 Å². The Morgan fingerprint density at radius 1 is 1.10 bits per heavy atom. The van der Waals surface area contributed by atoms with E-state index in [9.17, 15) is 13.2 Å². The van der Waals surface area contributed by atoms with Gasteiger partial charge in [0.1, 0.15) is 16.7 Å². The van der Waals surface area contributed by atoms with Gasteiger partial charge in [0.15, 0.2) is 10.3 Å². The molecule has 1 N–H and O–H groups in total. The number of nitrogens with one attached hydrogen (secondary N) is 1. The number of halogens is 4. The van der Waals surface area contributed by atoms with Crippen LogP contribution in [0.2, 0.25) is 5.15 Å². The van der Waals surface area contributed by atoms with Gasteiger partial charge in [-0.25, -0.2) is 15.0 Å². The molecule has 3 rings (SSSR count). The van der Waals surface area contributed by atoms with E-state index in [4.69, 9.17) is 11.6 Å². The van der Waals surface area contributed by atoms with Crippen LogP contribution >= 0.6 is 22.9 Å². The quantitative estimate of drug-likeness (QED) is 0.703. The summed E-state index contributed by atoms with van der Waals surface area (Å²) in [5.74, 6) is 0. The number of rotatable bonds is 2. The minimum atomic E-state index is -4.35. The maximum Gasteiger partial charge on any atom is 0.416 e. The van der Waals surface area contributed by atoms with Crippen LogP contribution in [0.3, 0.4) is 0 Å². The summed E-state index contributed by atoms with van der Waals surface area (Å²) in [7, 11) is 0. The molecular formula is C12H6ClF3N4S. The first-order valence-corrected chi connectivity index (χ1v) is 6.84. The molecule has 0 unspecified atom stereocenters. The van der Waals surface area contributed by atoms with Gasteiger partial charge in [-0.3, -0.25) is 0 Å². The van der Waals surface area contributed by atoms with Crippen molar-refractivity contribution in [1.29, 1.82) is 0 Å². The number of aromatic nitrogens is 3. The van der Waals surface area contributed by atoms with E-state index in [1.165, 1.54) is 29.8 Å². The summed E-state index contributed by atoms with van der Waals surface area (Å²) in [6, 6.07) is 4.68. The first kappa shape index (κ1) is 14.0. The van der Waals surface area contributed by atoms with E-state index >= 15 is 0 Å². The Labute approximate surface area is 125 Å². The van der Waals surface area contributed by atoms with Crippen LogP contribution < -0.4 is 5.32 Å². The lowest BCUT2D eigenvalue weighted by atomic mass is 10.2. The molecule has 0 aliphatic heterocycles. The topological polar surface area (TPSA) is 50.7 Å². The molecule has 2 aromatic heterocycles. The summed E-state index contributed by atoms with van der Waals surface area (Å²) in [6.07, 6.45) is -3.03. The fourth-order valence-electron chi connectivity index (χ4n) is 1.65. The molecule has 3 aromatic rings. The highest BCUT2D eigenvalue weighted by Gasteiger charge is 2.29. The molecule has 4 nitrogen and oxygen atoms in total. The zero-order chi connectivity index (χ0) is 15.0. The molecule has 0 atom stereocenters. The SMILES string of the molecule is FC(F)(F)c1ccc(Nc2nc3c(Cl)ncnc3s2)cc1. The fourth-order valence-corrected chi connectivity index (χ4v) is 2.71. The summed E-state index contributed by atoms with van der Waals surface area (Å²) in [4.78, 5) is 12.6. The molecule has 9 heteroatoms. The van der Waals surface area contributed by atoms with E-state index in [1.54, 1.807) is 0 Å². The third-order valence-corrected chi connectivity index (χ3v) is 3.77. The molecule has 0 saturated heterocycles. The van der Waals surface area contributed by atoms with Crippen molar-refractivity contribution >= 4 is 44.1 Å².